The molecule has 32 heavy (non-hydrogen) atoms. The molecule has 2 aliphatic heterocycles. The fraction of sp³-hybridized carbons (Fsp3) is 0.400. The number of urea groups is 1. The van der Waals surface area contributed by atoms with Crippen LogP contribution in [0.5, 0.6) is 0 Å². The molecule has 0 radical (unpaired) electrons. The van der Waals surface area contributed by atoms with E-state index < -0.39 is 5.60 Å². The number of rotatable bonds is 8. The molecule has 0 aromatic heterocycles. The number of unbranched alkanes of at least 4 members (excludes halogenated alkanes) is 1. The van der Waals surface area contributed by atoms with E-state index in [1.165, 1.54) is 4.90 Å². The number of imide groups is 1. The second kappa shape index (κ2) is 9.53. The van der Waals surface area contributed by atoms with Gasteiger partial charge in [0.15, 0.2) is 0 Å². The van der Waals surface area contributed by atoms with Crippen LogP contribution in [0, 0.1) is 0 Å². The van der Waals surface area contributed by atoms with Gasteiger partial charge in [-0.15, -0.1) is 0 Å². The van der Waals surface area contributed by atoms with Crippen LogP contribution >= 0.6 is 0 Å². The van der Waals surface area contributed by atoms with Crippen LogP contribution in [0.15, 0.2) is 60.7 Å². The standard InChI is InChI=1S/C25H29N3O4/c29-22-18-27(24(31)26-22)16-8-7-15-23(30)28-17-9-14-21(28)25(32,19-10-3-1-4-11-19)20-12-5-2-6-13-20/h1-6,10-13,21,32H,7-9,14-18H2,(H,26,29,31). The van der Waals surface area contributed by atoms with Crippen molar-refractivity contribution in [2.45, 2.75) is 43.7 Å². The highest BCUT2D eigenvalue weighted by Gasteiger charge is 2.46. The second-order valence-corrected chi connectivity index (χ2v) is 8.48. The van der Waals surface area contributed by atoms with Crippen LogP contribution in [0.25, 0.3) is 0 Å². The summed E-state index contributed by atoms with van der Waals surface area (Å²) in [6.07, 6.45) is 3.18. The summed E-state index contributed by atoms with van der Waals surface area (Å²) >= 11 is 0. The first-order chi connectivity index (χ1) is 15.5. The number of carbonyl (C=O) groups excluding carboxylic acids is 3. The molecule has 2 fully saturated rings. The average Bonchev–Trinajstić information content (AvgIpc) is 3.43. The van der Waals surface area contributed by atoms with Gasteiger partial charge in [-0.25, -0.2) is 4.79 Å². The lowest BCUT2D eigenvalue weighted by Crippen LogP contribution is -2.50. The Bertz CT molecular complexity index is 924. The van der Waals surface area contributed by atoms with Gasteiger partial charge in [-0.3, -0.25) is 14.9 Å². The number of nitrogens with one attached hydrogen (secondary N) is 1. The van der Waals surface area contributed by atoms with E-state index in [1.807, 2.05) is 65.6 Å². The van der Waals surface area contributed by atoms with Crippen LogP contribution in [0.3, 0.4) is 0 Å². The van der Waals surface area contributed by atoms with Gasteiger partial charge >= 0.3 is 6.03 Å². The molecule has 2 aromatic rings. The Morgan fingerprint density at radius 2 is 1.62 bits per heavy atom. The summed E-state index contributed by atoms with van der Waals surface area (Å²) in [4.78, 5) is 39.4. The molecule has 2 aliphatic rings. The molecule has 4 amide bonds. The molecule has 4 rings (SSSR count). The molecule has 7 heteroatoms. The number of nitrogens with zero attached hydrogens (tertiary/aromatic N) is 2. The van der Waals surface area contributed by atoms with Crippen molar-refractivity contribution in [3.63, 3.8) is 0 Å². The van der Waals surface area contributed by atoms with Gasteiger partial charge in [-0.1, -0.05) is 60.7 Å². The predicted molar refractivity (Wildman–Crippen MR) is 120 cm³/mol. The minimum absolute atomic E-state index is 0.0136. The first-order valence-corrected chi connectivity index (χ1v) is 11.2. The van der Waals surface area contributed by atoms with Gasteiger partial charge in [-0.05, 0) is 36.8 Å². The van der Waals surface area contributed by atoms with E-state index in [0.29, 0.717) is 32.4 Å². The van der Waals surface area contributed by atoms with Crippen LogP contribution in [-0.4, -0.2) is 58.4 Å². The van der Waals surface area contributed by atoms with Gasteiger partial charge in [-0.2, -0.15) is 0 Å². The van der Waals surface area contributed by atoms with Crippen molar-refractivity contribution in [3.05, 3.63) is 71.8 Å². The molecule has 1 unspecified atom stereocenters. The topological polar surface area (TPSA) is 90.0 Å². The first-order valence-electron chi connectivity index (χ1n) is 11.2. The maximum atomic E-state index is 13.1. The summed E-state index contributed by atoms with van der Waals surface area (Å²) in [5.41, 5.74) is 0.268. The molecule has 1 atom stereocenters. The summed E-state index contributed by atoms with van der Waals surface area (Å²) in [5, 5.41) is 14.3. The third-order valence-electron chi connectivity index (χ3n) is 6.42. The number of amides is 4. The van der Waals surface area contributed by atoms with E-state index in [9.17, 15) is 19.5 Å². The summed E-state index contributed by atoms with van der Waals surface area (Å²) in [5.74, 6) is -0.271. The fourth-order valence-corrected chi connectivity index (χ4v) is 4.82. The maximum absolute atomic E-state index is 13.1. The minimum atomic E-state index is -1.29. The third-order valence-corrected chi connectivity index (χ3v) is 6.42. The molecular formula is C25H29N3O4. The van der Waals surface area contributed by atoms with Gasteiger partial charge in [0.25, 0.3) is 0 Å². The highest BCUT2D eigenvalue weighted by Crippen LogP contribution is 2.40. The van der Waals surface area contributed by atoms with Crippen LogP contribution in [0.4, 0.5) is 4.79 Å². The van der Waals surface area contributed by atoms with Crippen LogP contribution in [0.1, 0.15) is 43.2 Å². The molecule has 168 valence electrons. The average molecular weight is 436 g/mol. The lowest BCUT2D eigenvalue weighted by Gasteiger charge is -2.40. The zero-order valence-corrected chi connectivity index (χ0v) is 18.1. The van der Waals surface area contributed by atoms with E-state index in [0.717, 1.165) is 24.0 Å². The van der Waals surface area contributed by atoms with Crippen molar-refractivity contribution >= 4 is 17.8 Å². The quantitative estimate of drug-likeness (QED) is 0.493. The Kier molecular flexibility index (Phi) is 6.55. The molecule has 2 saturated heterocycles. The molecule has 2 heterocycles. The number of carbonyl (C=O) groups is 3. The largest absolute Gasteiger partial charge is 0.378 e. The lowest BCUT2D eigenvalue weighted by atomic mass is 9.79. The molecule has 0 saturated carbocycles. The van der Waals surface area contributed by atoms with Gasteiger partial charge in [0.05, 0.1) is 6.04 Å². The van der Waals surface area contributed by atoms with Crippen LogP contribution in [0.2, 0.25) is 0 Å². The van der Waals surface area contributed by atoms with E-state index in [4.69, 9.17) is 0 Å². The van der Waals surface area contributed by atoms with E-state index in [1.54, 1.807) is 0 Å². The number of hydrogen-bond acceptors (Lipinski definition) is 4. The highest BCUT2D eigenvalue weighted by molar-refractivity contribution is 6.01. The van der Waals surface area contributed by atoms with E-state index >= 15 is 0 Å². The Balaban J connectivity index is 1.45. The number of hydrogen-bond donors (Lipinski definition) is 2. The molecule has 7 nitrogen and oxygen atoms in total. The van der Waals surface area contributed by atoms with Gasteiger partial charge in [0.2, 0.25) is 11.8 Å². The fourth-order valence-electron chi connectivity index (χ4n) is 4.82. The SMILES string of the molecule is O=C1CN(CCCCC(=O)N2CCCC2C(O)(c2ccccc2)c2ccccc2)C(=O)N1. The Morgan fingerprint density at radius 1 is 1.00 bits per heavy atom. The normalized spacial score (nSPS) is 18.8. The Morgan fingerprint density at radius 3 is 2.19 bits per heavy atom. The summed E-state index contributed by atoms with van der Waals surface area (Å²) in [7, 11) is 0. The van der Waals surface area contributed by atoms with Crippen molar-refractivity contribution in [1.29, 1.82) is 0 Å². The van der Waals surface area contributed by atoms with Crippen molar-refractivity contribution in [2.75, 3.05) is 19.6 Å². The van der Waals surface area contributed by atoms with Crippen molar-refractivity contribution in [3.8, 4) is 0 Å². The minimum Gasteiger partial charge on any atom is -0.378 e. The number of likely N-dealkylation sites (tertiary alicyclic amines) is 1. The molecule has 2 aromatic carbocycles. The monoisotopic (exact) mass is 435 g/mol. The molecule has 0 spiro atoms. The van der Waals surface area contributed by atoms with Crippen molar-refractivity contribution < 1.29 is 19.5 Å². The summed E-state index contributed by atoms with van der Waals surface area (Å²) in [6, 6.07) is 18.4. The lowest BCUT2D eigenvalue weighted by molar-refractivity contribution is -0.136. The van der Waals surface area contributed by atoms with E-state index in [-0.39, 0.29) is 30.4 Å². The van der Waals surface area contributed by atoms with Crippen LogP contribution in [-0.2, 0) is 15.2 Å². The molecule has 0 aliphatic carbocycles. The van der Waals surface area contributed by atoms with Crippen molar-refractivity contribution in [2.24, 2.45) is 0 Å². The van der Waals surface area contributed by atoms with Gasteiger partial charge in [0, 0.05) is 19.5 Å². The molecule has 2 N–H and O–H groups in total. The number of benzene rings is 2. The van der Waals surface area contributed by atoms with Crippen LogP contribution < -0.4 is 5.32 Å². The van der Waals surface area contributed by atoms with Crippen molar-refractivity contribution in [1.82, 2.24) is 15.1 Å². The molecule has 0 bridgehead atoms. The summed E-state index contributed by atoms with van der Waals surface area (Å²) < 4.78 is 0. The smallest absolute Gasteiger partial charge is 0.324 e. The first kappa shape index (κ1) is 22.0. The predicted octanol–water partition coefficient (Wildman–Crippen LogP) is 2.64. The van der Waals surface area contributed by atoms with Gasteiger partial charge in [0.1, 0.15) is 12.1 Å². The van der Waals surface area contributed by atoms with Gasteiger partial charge < -0.3 is 14.9 Å². The zero-order valence-electron chi connectivity index (χ0n) is 18.1. The zero-order chi connectivity index (χ0) is 22.6. The van der Waals surface area contributed by atoms with E-state index in [2.05, 4.69) is 5.32 Å². The number of aliphatic hydroxyl groups is 1. The highest BCUT2D eigenvalue weighted by atomic mass is 16.3. The second-order valence-electron chi connectivity index (χ2n) is 8.48. The Labute approximate surface area is 188 Å². The summed E-state index contributed by atoms with van der Waals surface area (Å²) in [6.45, 7) is 1.16. The maximum Gasteiger partial charge on any atom is 0.324 e. The third kappa shape index (κ3) is 4.39. The Hall–Kier alpha value is -3.19. The molecular weight excluding hydrogens is 406 g/mol.